The third-order valence-electron chi connectivity index (χ3n) is 2.57. The van der Waals surface area contributed by atoms with Crippen molar-refractivity contribution < 1.29 is 9.90 Å². The number of nitrogens with zero attached hydrogens (tertiary/aromatic N) is 1. The molecule has 0 spiro atoms. The highest BCUT2D eigenvalue weighted by atomic mass is 16.4. The van der Waals surface area contributed by atoms with Crippen LogP contribution in [-0.2, 0) is 11.8 Å². The number of hydrogen-bond donors (Lipinski definition) is 1. The summed E-state index contributed by atoms with van der Waals surface area (Å²) in [5.74, 6) is -0.588. The SMILES string of the molecule is Cn1ccc(C(C(=O)O)C2CC2)c1. The molecule has 0 bridgehead atoms. The summed E-state index contributed by atoms with van der Waals surface area (Å²) in [4.78, 5) is 11.0. The van der Waals surface area contributed by atoms with Crippen LogP contribution < -0.4 is 0 Å². The van der Waals surface area contributed by atoms with Crippen LogP contribution in [0.2, 0.25) is 0 Å². The van der Waals surface area contributed by atoms with Gasteiger partial charge in [0.2, 0.25) is 0 Å². The normalized spacial score (nSPS) is 18.5. The van der Waals surface area contributed by atoms with E-state index in [-0.39, 0.29) is 5.92 Å². The molecule has 1 fully saturated rings. The minimum absolute atomic E-state index is 0.277. The summed E-state index contributed by atoms with van der Waals surface area (Å²) in [7, 11) is 1.91. The lowest BCUT2D eigenvalue weighted by Crippen LogP contribution is -2.12. The van der Waals surface area contributed by atoms with Crippen LogP contribution in [0.15, 0.2) is 18.5 Å². The zero-order valence-electron chi connectivity index (χ0n) is 7.60. The maximum Gasteiger partial charge on any atom is 0.311 e. The van der Waals surface area contributed by atoms with Gasteiger partial charge >= 0.3 is 5.97 Å². The van der Waals surface area contributed by atoms with Gasteiger partial charge in [-0.25, -0.2) is 0 Å². The molecule has 1 heterocycles. The fourth-order valence-electron chi connectivity index (χ4n) is 1.75. The van der Waals surface area contributed by atoms with Crippen molar-refractivity contribution in [3.63, 3.8) is 0 Å². The number of aryl methyl sites for hydroxylation is 1. The van der Waals surface area contributed by atoms with E-state index in [0.29, 0.717) is 5.92 Å². The zero-order valence-corrected chi connectivity index (χ0v) is 7.60. The Hall–Kier alpha value is -1.25. The first-order valence-electron chi connectivity index (χ1n) is 4.53. The maximum absolute atomic E-state index is 11.0. The van der Waals surface area contributed by atoms with Crippen LogP contribution in [0.5, 0.6) is 0 Å². The van der Waals surface area contributed by atoms with Gasteiger partial charge in [-0.05, 0) is 30.4 Å². The molecule has 1 aliphatic rings. The van der Waals surface area contributed by atoms with Crippen molar-refractivity contribution in [3.8, 4) is 0 Å². The smallest absolute Gasteiger partial charge is 0.311 e. The predicted octanol–water partition coefficient (Wildman–Crippen LogP) is 1.60. The van der Waals surface area contributed by atoms with E-state index in [9.17, 15) is 4.79 Å². The summed E-state index contributed by atoms with van der Waals surface area (Å²) < 4.78 is 1.90. The molecular weight excluding hydrogens is 166 g/mol. The lowest BCUT2D eigenvalue weighted by molar-refractivity contribution is -0.139. The van der Waals surface area contributed by atoms with Crippen molar-refractivity contribution in [1.29, 1.82) is 0 Å². The van der Waals surface area contributed by atoms with Crippen LogP contribution in [0.4, 0.5) is 0 Å². The van der Waals surface area contributed by atoms with Gasteiger partial charge in [-0.2, -0.15) is 0 Å². The van der Waals surface area contributed by atoms with E-state index in [1.54, 1.807) is 0 Å². The van der Waals surface area contributed by atoms with Crippen molar-refractivity contribution >= 4 is 5.97 Å². The number of carboxylic acids is 1. The summed E-state index contributed by atoms with van der Waals surface area (Å²) in [5, 5.41) is 9.04. The molecule has 0 radical (unpaired) electrons. The average Bonchev–Trinajstić information content (AvgIpc) is 2.76. The summed E-state index contributed by atoms with van der Waals surface area (Å²) in [5.41, 5.74) is 0.942. The van der Waals surface area contributed by atoms with Crippen molar-refractivity contribution in [2.24, 2.45) is 13.0 Å². The van der Waals surface area contributed by atoms with Crippen LogP contribution in [0, 0.1) is 5.92 Å². The second kappa shape index (κ2) is 2.91. The Balaban J connectivity index is 2.24. The topological polar surface area (TPSA) is 42.2 Å². The van der Waals surface area contributed by atoms with Gasteiger partial charge in [-0.15, -0.1) is 0 Å². The van der Waals surface area contributed by atoms with E-state index in [1.165, 1.54) is 0 Å². The van der Waals surface area contributed by atoms with Crippen molar-refractivity contribution in [2.75, 3.05) is 0 Å². The monoisotopic (exact) mass is 179 g/mol. The fraction of sp³-hybridized carbons (Fsp3) is 0.500. The summed E-state index contributed by atoms with van der Waals surface area (Å²) in [6, 6.07) is 1.90. The molecule has 0 amide bonds. The largest absolute Gasteiger partial charge is 0.481 e. The molecule has 13 heavy (non-hydrogen) atoms. The highest BCUT2D eigenvalue weighted by molar-refractivity contribution is 5.76. The Morgan fingerprint density at radius 3 is 2.77 bits per heavy atom. The summed E-state index contributed by atoms with van der Waals surface area (Å²) in [6.07, 6.45) is 5.92. The van der Waals surface area contributed by atoms with Crippen LogP contribution in [0.25, 0.3) is 0 Å². The van der Waals surface area contributed by atoms with Crippen molar-refractivity contribution in [2.45, 2.75) is 18.8 Å². The third-order valence-corrected chi connectivity index (χ3v) is 2.57. The van der Waals surface area contributed by atoms with Gasteiger partial charge in [-0.3, -0.25) is 4.79 Å². The van der Waals surface area contributed by atoms with E-state index in [2.05, 4.69) is 0 Å². The predicted molar refractivity (Wildman–Crippen MR) is 48.5 cm³/mol. The Bertz CT molecular complexity index is 325. The number of aromatic nitrogens is 1. The third kappa shape index (κ3) is 1.59. The molecule has 1 N–H and O–H groups in total. The standard InChI is InChI=1S/C10H13NO2/c1-11-5-4-8(6-11)9(10(12)13)7-2-3-7/h4-7,9H,2-3H2,1H3,(H,12,13). The van der Waals surface area contributed by atoms with Gasteiger partial charge in [-0.1, -0.05) is 0 Å². The number of rotatable bonds is 3. The molecule has 1 aliphatic carbocycles. The number of carbonyl (C=O) groups is 1. The van der Waals surface area contributed by atoms with E-state index < -0.39 is 5.97 Å². The number of aliphatic carboxylic acids is 1. The Labute approximate surface area is 77.0 Å². The van der Waals surface area contributed by atoms with Crippen molar-refractivity contribution in [3.05, 3.63) is 24.0 Å². The molecule has 3 heteroatoms. The van der Waals surface area contributed by atoms with Crippen LogP contribution >= 0.6 is 0 Å². The van der Waals surface area contributed by atoms with Gasteiger partial charge in [0, 0.05) is 19.4 Å². The number of carboxylic acid groups (broad SMARTS) is 1. The van der Waals surface area contributed by atoms with Gasteiger partial charge in [0.1, 0.15) is 0 Å². The first kappa shape index (κ1) is 8.35. The zero-order chi connectivity index (χ0) is 9.42. The minimum atomic E-state index is -0.686. The molecule has 1 unspecified atom stereocenters. The Morgan fingerprint density at radius 1 is 1.69 bits per heavy atom. The van der Waals surface area contributed by atoms with Crippen LogP contribution in [0.1, 0.15) is 24.3 Å². The molecule has 0 aromatic carbocycles. The molecule has 2 rings (SSSR count). The Kier molecular flexibility index (Phi) is 1.87. The lowest BCUT2D eigenvalue weighted by Gasteiger charge is -2.07. The first-order chi connectivity index (χ1) is 6.18. The lowest BCUT2D eigenvalue weighted by atomic mass is 9.97. The minimum Gasteiger partial charge on any atom is -0.481 e. The second-order valence-corrected chi connectivity index (χ2v) is 3.76. The molecule has 1 aromatic rings. The highest BCUT2D eigenvalue weighted by Gasteiger charge is 2.37. The van der Waals surface area contributed by atoms with Gasteiger partial charge in [0.15, 0.2) is 0 Å². The molecule has 70 valence electrons. The van der Waals surface area contributed by atoms with E-state index in [1.807, 2.05) is 30.1 Å². The Morgan fingerprint density at radius 2 is 2.38 bits per heavy atom. The molecule has 0 saturated heterocycles. The molecular formula is C10H13NO2. The molecule has 0 aliphatic heterocycles. The van der Waals surface area contributed by atoms with Crippen molar-refractivity contribution in [1.82, 2.24) is 4.57 Å². The fourth-order valence-corrected chi connectivity index (χ4v) is 1.75. The van der Waals surface area contributed by atoms with E-state index in [4.69, 9.17) is 5.11 Å². The second-order valence-electron chi connectivity index (χ2n) is 3.76. The maximum atomic E-state index is 11.0. The van der Waals surface area contributed by atoms with Gasteiger partial charge < -0.3 is 9.67 Å². The molecule has 3 nitrogen and oxygen atoms in total. The quantitative estimate of drug-likeness (QED) is 0.765. The summed E-state index contributed by atoms with van der Waals surface area (Å²) >= 11 is 0. The van der Waals surface area contributed by atoms with E-state index in [0.717, 1.165) is 18.4 Å². The van der Waals surface area contributed by atoms with Gasteiger partial charge in [0.25, 0.3) is 0 Å². The van der Waals surface area contributed by atoms with Crippen LogP contribution in [-0.4, -0.2) is 15.6 Å². The average molecular weight is 179 g/mol. The molecule has 1 aromatic heterocycles. The molecule has 1 atom stereocenters. The van der Waals surface area contributed by atoms with Gasteiger partial charge in [0.05, 0.1) is 5.92 Å². The first-order valence-corrected chi connectivity index (χ1v) is 4.53. The molecule has 1 saturated carbocycles. The highest BCUT2D eigenvalue weighted by Crippen LogP contribution is 2.42. The number of hydrogen-bond acceptors (Lipinski definition) is 1. The van der Waals surface area contributed by atoms with E-state index >= 15 is 0 Å². The van der Waals surface area contributed by atoms with Crippen LogP contribution in [0.3, 0.4) is 0 Å². The summed E-state index contributed by atoms with van der Waals surface area (Å²) in [6.45, 7) is 0.